The second-order valence-electron chi connectivity index (χ2n) is 17.2. The van der Waals surface area contributed by atoms with Crippen LogP contribution in [0.25, 0.3) is 120 Å². The zero-order valence-corrected chi connectivity index (χ0v) is 33.0. The van der Waals surface area contributed by atoms with Gasteiger partial charge in [0.1, 0.15) is 0 Å². The zero-order chi connectivity index (χ0) is 39.0. The molecular weight excluding hydrogens is 709 g/mol. The van der Waals surface area contributed by atoms with Crippen LogP contribution in [0.15, 0.2) is 194 Å². The van der Waals surface area contributed by atoms with E-state index >= 15 is 0 Å². The molecule has 0 aliphatic heterocycles. The smallest absolute Gasteiger partial charge is 0.0159 e. The van der Waals surface area contributed by atoms with Gasteiger partial charge in [0.25, 0.3) is 0 Å². The molecule has 0 amide bonds. The monoisotopic (exact) mass is 746 g/mol. The van der Waals surface area contributed by atoms with Crippen molar-refractivity contribution in [1.82, 2.24) is 0 Å². The van der Waals surface area contributed by atoms with Crippen LogP contribution in [0.4, 0.5) is 0 Å². The topological polar surface area (TPSA) is 0 Å². The molecule has 0 N–H and O–H groups in total. The van der Waals surface area contributed by atoms with Crippen LogP contribution in [0, 0.1) is 0 Å². The minimum atomic E-state index is -0.180. The largest absolute Gasteiger partial charge is 0.0616 e. The van der Waals surface area contributed by atoms with Crippen LogP contribution >= 0.6 is 0 Å². The van der Waals surface area contributed by atoms with Gasteiger partial charge in [-0.25, -0.2) is 0 Å². The fourth-order valence-electron chi connectivity index (χ4n) is 11.0. The van der Waals surface area contributed by atoms with Gasteiger partial charge in [-0.05, 0) is 144 Å². The van der Waals surface area contributed by atoms with Crippen LogP contribution in [-0.2, 0) is 5.41 Å². The predicted molar refractivity (Wildman–Crippen MR) is 253 cm³/mol. The molecule has 0 aromatic heterocycles. The first-order valence-electron chi connectivity index (χ1n) is 20.8. The van der Waals surface area contributed by atoms with Gasteiger partial charge in [-0.3, -0.25) is 0 Å². The Morgan fingerprint density at radius 1 is 0.254 bits per heavy atom. The second kappa shape index (κ2) is 11.9. The van der Waals surface area contributed by atoms with Crippen LogP contribution in [0.5, 0.6) is 0 Å². The molecule has 59 heavy (non-hydrogen) atoms. The molecule has 0 fully saturated rings. The van der Waals surface area contributed by atoms with E-state index < -0.39 is 0 Å². The summed E-state index contributed by atoms with van der Waals surface area (Å²) in [6.07, 6.45) is 0. The molecule has 13 rings (SSSR count). The molecule has 0 radical (unpaired) electrons. The molecule has 12 aromatic carbocycles. The van der Waals surface area contributed by atoms with Crippen LogP contribution in [0.3, 0.4) is 0 Å². The van der Waals surface area contributed by atoms with E-state index in [1.165, 1.54) is 131 Å². The van der Waals surface area contributed by atoms with Gasteiger partial charge in [-0.15, -0.1) is 0 Å². The maximum absolute atomic E-state index is 2.47. The third kappa shape index (κ3) is 4.55. The molecule has 274 valence electrons. The first kappa shape index (κ1) is 32.8. The van der Waals surface area contributed by atoms with E-state index in [0.717, 1.165) is 0 Å². The summed E-state index contributed by atoms with van der Waals surface area (Å²) >= 11 is 0. The first-order valence-corrected chi connectivity index (χ1v) is 20.8. The van der Waals surface area contributed by atoms with E-state index in [9.17, 15) is 0 Å². The van der Waals surface area contributed by atoms with Crippen molar-refractivity contribution in [3.63, 3.8) is 0 Å². The molecule has 12 aromatic rings. The van der Waals surface area contributed by atoms with E-state index in [2.05, 4.69) is 208 Å². The molecule has 0 saturated carbocycles. The molecule has 1 aliphatic rings. The number of benzene rings is 12. The lowest BCUT2D eigenvalue weighted by molar-refractivity contribution is 0.661. The van der Waals surface area contributed by atoms with E-state index in [1.807, 2.05) is 0 Å². The molecule has 0 heteroatoms. The van der Waals surface area contributed by atoms with Gasteiger partial charge in [0.05, 0.1) is 0 Å². The van der Waals surface area contributed by atoms with Crippen molar-refractivity contribution < 1.29 is 0 Å². The van der Waals surface area contributed by atoms with E-state index in [1.54, 1.807) is 0 Å². The Bertz CT molecular complexity index is 3420. The third-order valence-electron chi connectivity index (χ3n) is 13.8. The Kier molecular flexibility index (Phi) is 6.60. The van der Waals surface area contributed by atoms with E-state index in [-0.39, 0.29) is 5.41 Å². The molecule has 0 bridgehead atoms. The van der Waals surface area contributed by atoms with Gasteiger partial charge in [0.15, 0.2) is 0 Å². The summed E-state index contributed by atoms with van der Waals surface area (Å²) in [5.74, 6) is 0. The maximum Gasteiger partial charge on any atom is 0.0159 e. The van der Waals surface area contributed by atoms with Crippen LogP contribution < -0.4 is 0 Å². The molecular formula is C59H38. The van der Waals surface area contributed by atoms with Gasteiger partial charge in [-0.2, -0.15) is 0 Å². The number of hydrogen-bond donors (Lipinski definition) is 0. The standard InChI is InChI=1S/C59H38/c1-59(2)53-33-41(43-13-3-5-15-45(43)47-27-21-39-19-17-35-9-7-11-37-23-31-51(47)57(39)55(35)37)25-29-49(53)50-30-26-42(34-54(50)59)44-14-4-6-16-46(44)48-28-22-40-20-18-36-10-8-12-38-24-32-52(48)58(40)56(36)38/h3-34H,1-2H3. The summed E-state index contributed by atoms with van der Waals surface area (Å²) in [5.41, 5.74) is 15.4. The molecule has 0 saturated heterocycles. The summed E-state index contributed by atoms with van der Waals surface area (Å²) in [4.78, 5) is 0. The first-order chi connectivity index (χ1) is 29.0. The van der Waals surface area contributed by atoms with Crippen molar-refractivity contribution in [2.45, 2.75) is 19.3 Å². The number of rotatable bonds is 4. The Hall–Kier alpha value is -7.28. The van der Waals surface area contributed by atoms with Crippen molar-refractivity contribution in [3.05, 3.63) is 205 Å². The Morgan fingerprint density at radius 3 is 1.02 bits per heavy atom. The molecule has 1 aliphatic carbocycles. The lowest BCUT2D eigenvalue weighted by Gasteiger charge is -2.23. The minimum absolute atomic E-state index is 0.180. The van der Waals surface area contributed by atoms with E-state index in [0.29, 0.717) is 0 Å². The highest BCUT2D eigenvalue weighted by molar-refractivity contribution is 6.27. The summed E-state index contributed by atoms with van der Waals surface area (Å²) in [5, 5.41) is 15.8. The molecule has 0 heterocycles. The summed E-state index contributed by atoms with van der Waals surface area (Å²) < 4.78 is 0. The van der Waals surface area contributed by atoms with Crippen molar-refractivity contribution in [2.24, 2.45) is 0 Å². The SMILES string of the molecule is CC1(C)c2cc(-c3ccccc3-c3ccc4ccc5cccc6ccc3c4c56)ccc2-c2ccc(-c3ccccc3-c3ccc4ccc5cccc6ccc3c4c56)cc21. The van der Waals surface area contributed by atoms with Crippen LogP contribution in [-0.4, -0.2) is 0 Å². The van der Waals surface area contributed by atoms with Gasteiger partial charge in [0, 0.05) is 5.41 Å². The molecule has 0 spiro atoms. The minimum Gasteiger partial charge on any atom is -0.0616 e. The highest BCUT2D eigenvalue weighted by atomic mass is 14.4. The Morgan fingerprint density at radius 2 is 0.593 bits per heavy atom. The molecule has 0 atom stereocenters. The Labute approximate surface area is 343 Å². The van der Waals surface area contributed by atoms with Gasteiger partial charge in [-0.1, -0.05) is 196 Å². The van der Waals surface area contributed by atoms with E-state index in [4.69, 9.17) is 0 Å². The van der Waals surface area contributed by atoms with Gasteiger partial charge < -0.3 is 0 Å². The fraction of sp³-hybridized carbons (Fsp3) is 0.0508. The van der Waals surface area contributed by atoms with Crippen molar-refractivity contribution in [2.75, 3.05) is 0 Å². The second-order valence-corrected chi connectivity index (χ2v) is 17.2. The normalized spacial score (nSPS) is 13.4. The summed E-state index contributed by atoms with van der Waals surface area (Å²) in [6.45, 7) is 4.82. The zero-order valence-electron chi connectivity index (χ0n) is 33.0. The third-order valence-corrected chi connectivity index (χ3v) is 13.8. The van der Waals surface area contributed by atoms with Crippen molar-refractivity contribution in [3.8, 4) is 55.6 Å². The summed E-state index contributed by atoms with van der Waals surface area (Å²) in [6, 6.07) is 73.2. The quantitative estimate of drug-likeness (QED) is 0.157. The lowest BCUT2D eigenvalue weighted by Crippen LogP contribution is -2.15. The average Bonchev–Trinajstić information content (AvgIpc) is 3.51. The van der Waals surface area contributed by atoms with Crippen LogP contribution in [0.1, 0.15) is 25.0 Å². The summed E-state index contributed by atoms with van der Waals surface area (Å²) in [7, 11) is 0. The lowest BCUT2D eigenvalue weighted by atomic mass is 9.80. The number of fused-ring (bicyclic) bond motifs is 3. The maximum atomic E-state index is 2.47. The van der Waals surface area contributed by atoms with Gasteiger partial charge in [0.2, 0.25) is 0 Å². The number of hydrogen-bond acceptors (Lipinski definition) is 0. The fourth-order valence-corrected chi connectivity index (χ4v) is 11.0. The predicted octanol–water partition coefficient (Wildman–Crippen LogP) is 16.5. The van der Waals surface area contributed by atoms with Crippen molar-refractivity contribution in [1.29, 1.82) is 0 Å². The highest BCUT2D eigenvalue weighted by Gasteiger charge is 2.36. The Balaban J connectivity index is 0.923. The highest BCUT2D eigenvalue weighted by Crippen LogP contribution is 2.52. The van der Waals surface area contributed by atoms with Gasteiger partial charge >= 0.3 is 0 Å². The van der Waals surface area contributed by atoms with Crippen LogP contribution in [0.2, 0.25) is 0 Å². The average molecular weight is 747 g/mol. The molecule has 0 nitrogen and oxygen atoms in total. The molecule has 0 unspecified atom stereocenters. The van der Waals surface area contributed by atoms with Crippen molar-refractivity contribution >= 4 is 64.6 Å².